The number of aromatic nitrogens is 3. The third-order valence-electron chi connectivity index (χ3n) is 4.30. The van der Waals surface area contributed by atoms with Crippen LogP contribution in [0, 0.1) is 0 Å². The van der Waals surface area contributed by atoms with Crippen LogP contribution in [-0.2, 0) is 0 Å². The number of imidazole rings is 1. The Hall–Kier alpha value is -4.00. The van der Waals surface area contributed by atoms with E-state index in [-0.39, 0.29) is 11.7 Å². The molecule has 2 aromatic heterocycles. The van der Waals surface area contributed by atoms with E-state index in [1.165, 1.54) is 0 Å². The molecular weight excluding hydrogens is 368 g/mol. The summed E-state index contributed by atoms with van der Waals surface area (Å²) in [4.78, 5) is 35.6. The Morgan fingerprint density at radius 1 is 1.03 bits per heavy atom. The van der Waals surface area contributed by atoms with Gasteiger partial charge >= 0.3 is 0 Å². The van der Waals surface area contributed by atoms with Gasteiger partial charge in [-0.2, -0.15) is 0 Å². The molecule has 4 rings (SSSR count). The molecular formula is C22H18N4O3. The molecule has 0 radical (unpaired) electrons. The van der Waals surface area contributed by atoms with Crippen LogP contribution in [0.15, 0.2) is 66.9 Å². The van der Waals surface area contributed by atoms with Crippen LogP contribution in [-0.4, -0.2) is 26.6 Å². The van der Waals surface area contributed by atoms with Crippen molar-refractivity contribution in [3.05, 3.63) is 78.1 Å². The number of nitrogens with one attached hydrogen (secondary N) is 2. The van der Waals surface area contributed by atoms with Crippen LogP contribution in [0.4, 0.5) is 5.95 Å². The average molecular weight is 386 g/mol. The lowest BCUT2D eigenvalue weighted by atomic mass is 10.2. The molecule has 0 saturated heterocycles. The number of pyridine rings is 1. The largest absolute Gasteiger partial charge is 0.457 e. The first-order valence-electron chi connectivity index (χ1n) is 9.15. The van der Waals surface area contributed by atoms with Crippen molar-refractivity contribution >= 4 is 28.7 Å². The fourth-order valence-electron chi connectivity index (χ4n) is 2.82. The van der Waals surface area contributed by atoms with Crippen LogP contribution < -0.4 is 10.1 Å². The van der Waals surface area contributed by atoms with Crippen LogP contribution in [0.5, 0.6) is 11.5 Å². The monoisotopic (exact) mass is 386 g/mol. The lowest BCUT2D eigenvalue weighted by Crippen LogP contribution is -2.12. The first-order valence-corrected chi connectivity index (χ1v) is 9.15. The topological polar surface area (TPSA) is 97.0 Å². The summed E-state index contributed by atoms with van der Waals surface area (Å²) in [6.45, 7) is 1.79. The number of hydrogen-bond acceptors (Lipinski definition) is 5. The maximum atomic E-state index is 12.3. The Labute approximate surface area is 166 Å². The van der Waals surface area contributed by atoms with E-state index in [9.17, 15) is 9.59 Å². The minimum absolute atomic E-state index is 0.0433. The highest BCUT2D eigenvalue weighted by atomic mass is 16.5. The Bertz CT molecular complexity index is 1190. The van der Waals surface area contributed by atoms with Gasteiger partial charge < -0.3 is 9.72 Å². The average Bonchev–Trinajstić information content (AvgIpc) is 3.15. The zero-order chi connectivity index (χ0) is 20.2. The Balaban J connectivity index is 1.53. The molecule has 0 unspecified atom stereocenters. The Morgan fingerprint density at radius 3 is 2.62 bits per heavy atom. The van der Waals surface area contributed by atoms with Gasteiger partial charge in [0, 0.05) is 30.3 Å². The smallest absolute Gasteiger partial charge is 0.257 e. The van der Waals surface area contributed by atoms with E-state index < -0.39 is 0 Å². The van der Waals surface area contributed by atoms with E-state index in [0.29, 0.717) is 46.2 Å². The molecule has 0 aliphatic heterocycles. The standard InChI is InChI=1S/C22H18N4O3/c1-2-20(27)19-13-16(10-11-23-19)29-15-8-9-17-18(12-15)25-22(24-17)26-21(28)14-6-4-3-5-7-14/h3-13H,2H2,1H3,(H2,24,25,26,28). The second-order valence-corrected chi connectivity index (χ2v) is 6.34. The molecule has 2 aromatic carbocycles. The van der Waals surface area contributed by atoms with Gasteiger partial charge in [-0.25, -0.2) is 4.98 Å². The molecule has 0 atom stereocenters. The molecule has 7 heteroatoms. The van der Waals surface area contributed by atoms with E-state index in [2.05, 4.69) is 20.3 Å². The van der Waals surface area contributed by atoms with Crippen LogP contribution in [0.25, 0.3) is 11.0 Å². The molecule has 2 heterocycles. The summed E-state index contributed by atoms with van der Waals surface area (Å²) in [7, 11) is 0. The van der Waals surface area contributed by atoms with E-state index >= 15 is 0 Å². The quantitative estimate of drug-likeness (QED) is 0.472. The first-order chi connectivity index (χ1) is 14.1. The zero-order valence-corrected chi connectivity index (χ0v) is 15.7. The van der Waals surface area contributed by atoms with Gasteiger partial charge in [0.05, 0.1) is 11.0 Å². The van der Waals surface area contributed by atoms with Gasteiger partial charge in [-0.05, 0) is 30.3 Å². The number of Topliss-reactive ketones (excluding diaryl/α,β-unsaturated/α-hetero) is 1. The number of hydrogen-bond donors (Lipinski definition) is 2. The number of carbonyl (C=O) groups excluding carboxylic acids is 2. The maximum Gasteiger partial charge on any atom is 0.257 e. The van der Waals surface area contributed by atoms with Crippen molar-refractivity contribution in [3.8, 4) is 11.5 Å². The number of anilines is 1. The predicted octanol–water partition coefficient (Wildman–Crippen LogP) is 4.60. The van der Waals surface area contributed by atoms with Crippen molar-refractivity contribution in [1.82, 2.24) is 15.0 Å². The number of nitrogens with zero attached hydrogens (tertiary/aromatic N) is 2. The van der Waals surface area contributed by atoms with Crippen molar-refractivity contribution in [2.75, 3.05) is 5.32 Å². The number of rotatable bonds is 6. The van der Waals surface area contributed by atoms with Crippen LogP contribution in [0.2, 0.25) is 0 Å². The summed E-state index contributed by atoms with van der Waals surface area (Å²) < 4.78 is 5.85. The number of fused-ring (bicyclic) bond motifs is 1. The maximum absolute atomic E-state index is 12.3. The Kier molecular flexibility index (Phi) is 5.03. The van der Waals surface area contributed by atoms with Crippen LogP contribution >= 0.6 is 0 Å². The highest BCUT2D eigenvalue weighted by molar-refractivity contribution is 6.03. The molecule has 2 N–H and O–H groups in total. The van der Waals surface area contributed by atoms with Gasteiger partial charge in [0.15, 0.2) is 5.78 Å². The lowest BCUT2D eigenvalue weighted by Gasteiger charge is -2.06. The number of benzene rings is 2. The number of ether oxygens (including phenoxy) is 1. The second kappa shape index (κ2) is 7.93. The van der Waals surface area contributed by atoms with Crippen molar-refractivity contribution in [2.24, 2.45) is 0 Å². The summed E-state index contributed by atoms with van der Waals surface area (Å²) in [6.07, 6.45) is 1.93. The summed E-state index contributed by atoms with van der Waals surface area (Å²) in [5.41, 5.74) is 2.33. The van der Waals surface area contributed by atoms with E-state index in [4.69, 9.17) is 4.74 Å². The highest BCUT2D eigenvalue weighted by Crippen LogP contribution is 2.26. The van der Waals surface area contributed by atoms with Gasteiger partial charge in [-0.3, -0.25) is 19.9 Å². The van der Waals surface area contributed by atoms with Crippen LogP contribution in [0.1, 0.15) is 34.2 Å². The number of aromatic amines is 1. The third-order valence-corrected chi connectivity index (χ3v) is 4.30. The SMILES string of the molecule is CCC(=O)c1cc(Oc2ccc3nc(NC(=O)c4ccccc4)[nH]c3c2)ccn1. The summed E-state index contributed by atoms with van der Waals surface area (Å²) in [5.74, 6) is 1.16. The van der Waals surface area contributed by atoms with Gasteiger partial charge in [-0.15, -0.1) is 0 Å². The summed E-state index contributed by atoms with van der Waals surface area (Å²) in [5, 5.41) is 2.75. The van der Waals surface area contributed by atoms with Gasteiger partial charge in [0.25, 0.3) is 5.91 Å². The van der Waals surface area contributed by atoms with Crippen molar-refractivity contribution in [1.29, 1.82) is 0 Å². The molecule has 7 nitrogen and oxygen atoms in total. The fourth-order valence-corrected chi connectivity index (χ4v) is 2.82. The van der Waals surface area contributed by atoms with Gasteiger partial charge in [0.1, 0.15) is 17.2 Å². The van der Waals surface area contributed by atoms with E-state index in [1.54, 1.807) is 67.7 Å². The number of ketones is 1. The molecule has 0 bridgehead atoms. The van der Waals surface area contributed by atoms with Crippen molar-refractivity contribution in [2.45, 2.75) is 13.3 Å². The molecule has 0 spiro atoms. The molecule has 144 valence electrons. The summed E-state index contributed by atoms with van der Waals surface area (Å²) in [6, 6.07) is 17.6. The minimum Gasteiger partial charge on any atom is -0.457 e. The molecule has 0 fully saturated rings. The number of H-pyrrole nitrogens is 1. The van der Waals surface area contributed by atoms with E-state index in [1.807, 2.05) is 6.07 Å². The zero-order valence-electron chi connectivity index (χ0n) is 15.7. The first kappa shape index (κ1) is 18.4. The lowest BCUT2D eigenvalue weighted by molar-refractivity contribution is 0.0981. The van der Waals surface area contributed by atoms with Crippen molar-refractivity contribution < 1.29 is 14.3 Å². The second-order valence-electron chi connectivity index (χ2n) is 6.34. The Morgan fingerprint density at radius 2 is 1.83 bits per heavy atom. The highest BCUT2D eigenvalue weighted by Gasteiger charge is 2.11. The third kappa shape index (κ3) is 4.14. The molecule has 0 saturated carbocycles. The number of carbonyl (C=O) groups is 2. The van der Waals surface area contributed by atoms with Gasteiger partial charge in [0.2, 0.25) is 5.95 Å². The van der Waals surface area contributed by atoms with Crippen molar-refractivity contribution in [3.63, 3.8) is 0 Å². The van der Waals surface area contributed by atoms with Crippen LogP contribution in [0.3, 0.4) is 0 Å². The predicted molar refractivity (Wildman–Crippen MR) is 109 cm³/mol. The molecule has 4 aromatic rings. The molecule has 0 aliphatic rings. The van der Waals surface area contributed by atoms with E-state index in [0.717, 1.165) is 0 Å². The fraction of sp³-hybridized carbons (Fsp3) is 0.0909. The van der Waals surface area contributed by atoms with Gasteiger partial charge in [-0.1, -0.05) is 25.1 Å². The molecule has 29 heavy (non-hydrogen) atoms. The molecule has 0 aliphatic carbocycles. The minimum atomic E-state index is -0.244. The summed E-state index contributed by atoms with van der Waals surface area (Å²) >= 11 is 0. The number of amides is 1. The molecule has 1 amide bonds. The normalized spacial score (nSPS) is 10.7.